The predicted molar refractivity (Wildman–Crippen MR) is 48.7 cm³/mol. The predicted octanol–water partition coefficient (Wildman–Crippen LogP) is 2.26. The maximum atomic E-state index is 5.79. The quantitative estimate of drug-likeness (QED) is 0.682. The summed E-state index contributed by atoms with van der Waals surface area (Å²) in [7, 11) is 0. The van der Waals surface area contributed by atoms with Crippen LogP contribution in [0.1, 0.15) is 24.9 Å². The summed E-state index contributed by atoms with van der Waals surface area (Å²) in [5, 5.41) is 0. The highest BCUT2D eigenvalue weighted by atomic mass is 14.6. The zero-order chi connectivity index (χ0) is 7.40. The Labute approximate surface area is 68.0 Å². The topological polar surface area (TPSA) is 61.0 Å². The minimum Gasteiger partial charge on any atom is -0.344 e. The van der Waals surface area contributed by atoms with E-state index in [1.165, 1.54) is 5.56 Å². The fourth-order valence-corrected chi connectivity index (χ4v) is 0.936. The van der Waals surface area contributed by atoms with E-state index in [-0.39, 0.29) is 12.2 Å². The summed E-state index contributed by atoms with van der Waals surface area (Å²) >= 11 is 0. The first-order valence-electron chi connectivity index (χ1n) is 3.65. The van der Waals surface area contributed by atoms with Gasteiger partial charge in [-0.15, -0.1) is 0 Å². The van der Waals surface area contributed by atoms with Crippen molar-refractivity contribution in [3.8, 4) is 0 Å². The molecule has 0 aliphatic heterocycles. The summed E-state index contributed by atoms with van der Waals surface area (Å²) < 4.78 is 0. The van der Waals surface area contributed by atoms with Gasteiger partial charge in [-0.25, -0.2) is 0 Å². The maximum absolute atomic E-state index is 5.79. The molecular formula is C9H16N2. The zero-order valence-electron chi connectivity index (χ0n) is 6.96. The molecule has 0 aliphatic rings. The molecule has 2 nitrogen and oxygen atoms in total. The summed E-state index contributed by atoms with van der Waals surface area (Å²) in [6, 6.07) is 10.4. The average molecular weight is 152 g/mol. The Morgan fingerprint density at radius 3 is 2.27 bits per heavy atom. The fourth-order valence-electron chi connectivity index (χ4n) is 0.936. The summed E-state index contributed by atoms with van der Waals surface area (Å²) in [6.45, 7) is 2.09. The van der Waals surface area contributed by atoms with Gasteiger partial charge in [-0.05, 0) is 12.0 Å². The van der Waals surface area contributed by atoms with Crippen LogP contribution in [0.4, 0.5) is 0 Å². The molecular weight excluding hydrogens is 136 g/mol. The third-order valence-corrected chi connectivity index (χ3v) is 1.67. The van der Waals surface area contributed by atoms with Crippen molar-refractivity contribution < 1.29 is 0 Å². The van der Waals surface area contributed by atoms with E-state index in [0.29, 0.717) is 0 Å². The van der Waals surface area contributed by atoms with E-state index in [2.05, 4.69) is 19.1 Å². The number of benzene rings is 1. The van der Waals surface area contributed by atoms with E-state index < -0.39 is 0 Å². The molecule has 62 valence electrons. The van der Waals surface area contributed by atoms with E-state index in [0.717, 1.165) is 6.42 Å². The van der Waals surface area contributed by atoms with Crippen LogP contribution in [0.15, 0.2) is 30.3 Å². The van der Waals surface area contributed by atoms with Crippen LogP contribution >= 0.6 is 0 Å². The third-order valence-electron chi connectivity index (χ3n) is 1.67. The van der Waals surface area contributed by atoms with Crippen molar-refractivity contribution in [2.75, 3.05) is 0 Å². The molecule has 11 heavy (non-hydrogen) atoms. The third kappa shape index (κ3) is 2.70. The van der Waals surface area contributed by atoms with E-state index in [4.69, 9.17) is 5.73 Å². The molecule has 0 unspecified atom stereocenters. The van der Waals surface area contributed by atoms with E-state index in [9.17, 15) is 0 Å². The van der Waals surface area contributed by atoms with Crippen molar-refractivity contribution >= 4 is 0 Å². The molecule has 0 saturated carbocycles. The molecule has 0 aliphatic carbocycles. The SMILES string of the molecule is CC[C@@H](N)c1ccccc1.N. The Morgan fingerprint density at radius 2 is 1.82 bits per heavy atom. The van der Waals surface area contributed by atoms with Gasteiger partial charge in [0, 0.05) is 6.04 Å². The molecule has 1 atom stereocenters. The smallest absolute Gasteiger partial charge is 0.0292 e. The molecule has 0 amide bonds. The summed E-state index contributed by atoms with van der Waals surface area (Å²) in [6.07, 6.45) is 1.00. The van der Waals surface area contributed by atoms with Gasteiger partial charge >= 0.3 is 0 Å². The van der Waals surface area contributed by atoms with Crippen LogP contribution in [0.3, 0.4) is 0 Å². The lowest BCUT2D eigenvalue weighted by Crippen LogP contribution is -2.07. The van der Waals surface area contributed by atoms with Gasteiger partial charge in [0.05, 0.1) is 0 Å². The summed E-state index contributed by atoms with van der Waals surface area (Å²) in [5.74, 6) is 0. The van der Waals surface area contributed by atoms with Gasteiger partial charge in [0.1, 0.15) is 0 Å². The summed E-state index contributed by atoms with van der Waals surface area (Å²) in [5.41, 5.74) is 7.02. The molecule has 2 heteroatoms. The van der Waals surface area contributed by atoms with E-state index in [1.807, 2.05) is 18.2 Å². The molecule has 1 aromatic rings. The standard InChI is InChI=1S/C9H13N.H3N/c1-2-9(10)8-6-4-3-5-7-8;/h3-7,9H,2,10H2,1H3;1H3/t9-;/m1./s1. The zero-order valence-corrected chi connectivity index (χ0v) is 6.96. The van der Waals surface area contributed by atoms with Crippen LogP contribution in [0.5, 0.6) is 0 Å². The van der Waals surface area contributed by atoms with Gasteiger partial charge in [-0.1, -0.05) is 37.3 Å². The molecule has 0 aromatic heterocycles. The van der Waals surface area contributed by atoms with Crippen molar-refractivity contribution in [3.63, 3.8) is 0 Å². The summed E-state index contributed by atoms with van der Waals surface area (Å²) in [4.78, 5) is 0. The molecule has 1 aromatic carbocycles. The van der Waals surface area contributed by atoms with E-state index >= 15 is 0 Å². The lowest BCUT2D eigenvalue weighted by atomic mass is 10.1. The monoisotopic (exact) mass is 152 g/mol. The second-order valence-electron chi connectivity index (χ2n) is 2.43. The fraction of sp³-hybridized carbons (Fsp3) is 0.333. The first-order chi connectivity index (χ1) is 4.84. The normalized spacial score (nSPS) is 11.8. The Morgan fingerprint density at radius 1 is 1.27 bits per heavy atom. The maximum Gasteiger partial charge on any atom is 0.0292 e. The van der Waals surface area contributed by atoms with Crippen molar-refractivity contribution in [1.82, 2.24) is 6.15 Å². The van der Waals surface area contributed by atoms with Gasteiger partial charge in [-0.2, -0.15) is 0 Å². The van der Waals surface area contributed by atoms with Gasteiger partial charge in [0.2, 0.25) is 0 Å². The molecule has 1 rings (SSSR count). The molecule has 0 radical (unpaired) electrons. The minimum absolute atomic E-state index is 0. The first kappa shape index (κ1) is 10.1. The molecule has 0 bridgehead atoms. The van der Waals surface area contributed by atoms with Gasteiger partial charge in [0.25, 0.3) is 0 Å². The second kappa shape index (κ2) is 4.88. The largest absolute Gasteiger partial charge is 0.344 e. The van der Waals surface area contributed by atoms with Gasteiger partial charge in [0.15, 0.2) is 0 Å². The van der Waals surface area contributed by atoms with Crippen LogP contribution in [0, 0.1) is 0 Å². The van der Waals surface area contributed by atoms with Crippen LogP contribution in [-0.4, -0.2) is 0 Å². The Balaban J connectivity index is 0.000001000. The first-order valence-corrected chi connectivity index (χ1v) is 3.65. The minimum atomic E-state index is 0. The van der Waals surface area contributed by atoms with Gasteiger partial charge < -0.3 is 11.9 Å². The van der Waals surface area contributed by atoms with Gasteiger partial charge in [-0.3, -0.25) is 0 Å². The number of rotatable bonds is 2. The van der Waals surface area contributed by atoms with E-state index in [1.54, 1.807) is 0 Å². The second-order valence-corrected chi connectivity index (χ2v) is 2.43. The van der Waals surface area contributed by atoms with Crippen LogP contribution < -0.4 is 11.9 Å². The Hall–Kier alpha value is -0.860. The molecule has 0 heterocycles. The number of nitrogens with two attached hydrogens (primary N) is 1. The molecule has 5 N–H and O–H groups in total. The molecule has 0 fully saturated rings. The highest BCUT2D eigenvalue weighted by Gasteiger charge is 1.99. The Kier molecular flexibility index (Phi) is 4.50. The van der Waals surface area contributed by atoms with Crippen LogP contribution in [-0.2, 0) is 0 Å². The van der Waals surface area contributed by atoms with Crippen molar-refractivity contribution in [2.45, 2.75) is 19.4 Å². The van der Waals surface area contributed by atoms with Crippen LogP contribution in [0.2, 0.25) is 0 Å². The van der Waals surface area contributed by atoms with Crippen LogP contribution in [0.25, 0.3) is 0 Å². The molecule has 0 saturated heterocycles. The van der Waals surface area contributed by atoms with Crippen molar-refractivity contribution in [1.29, 1.82) is 0 Å². The number of hydrogen-bond acceptors (Lipinski definition) is 2. The lowest BCUT2D eigenvalue weighted by molar-refractivity contribution is 0.699. The highest BCUT2D eigenvalue weighted by molar-refractivity contribution is 5.17. The average Bonchev–Trinajstić information content (AvgIpc) is 2.05. The Bertz CT molecular complexity index is 184. The molecule has 0 spiro atoms. The number of hydrogen-bond donors (Lipinski definition) is 2. The lowest BCUT2D eigenvalue weighted by Gasteiger charge is -2.06. The van der Waals surface area contributed by atoms with Crippen molar-refractivity contribution in [3.05, 3.63) is 35.9 Å². The highest BCUT2D eigenvalue weighted by Crippen LogP contribution is 2.11. The van der Waals surface area contributed by atoms with Crippen molar-refractivity contribution in [2.24, 2.45) is 5.73 Å².